The Kier molecular flexibility index (Phi) is 7.83. The maximum absolute atomic E-state index is 13.6. The zero-order chi connectivity index (χ0) is 23.8. The predicted molar refractivity (Wildman–Crippen MR) is 141 cm³/mol. The van der Waals surface area contributed by atoms with E-state index in [2.05, 4.69) is 21.9 Å². The molecular weight excluding hydrogens is 466 g/mol. The number of ether oxygens (including phenoxy) is 1. The summed E-state index contributed by atoms with van der Waals surface area (Å²) < 4.78 is 7.12. The van der Waals surface area contributed by atoms with Crippen LogP contribution in [-0.4, -0.2) is 76.4 Å². The van der Waals surface area contributed by atoms with Crippen LogP contribution in [0.3, 0.4) is 0 Å². The number of pyridine rings is 1. The van der Waals surface area contributed by atoms with Crippen LogP contribution in [0.2, 0.25) is 0 Å². The van der Waals surface area contributed by atoms with E-state index in [9.17, 15) is 9.59 Å². The summed E-state index contributed by atoms with van der Waals surface area (Å²) >= 11 is 0. The molecule has 0 spiro atoms. The quantitative estimate of drug-likeness (QED) is 0.477. The number of carbonyl (C=O) groups is 1. The molecule has 8 nitrogen and oxygen atoms in total. The number of amides is 1. The van der Waals surface area contributed by atoms with E-state index in [0.717, 1.165) is 74.2 Å². The lowest BCUT2D eigenvalue weighted by molar-refractivity contribution is 0.0505. The van der Waals surface area contributed by atoms with Crippen molar-refractivity contribution in [2.45, 2.75) is 52.1 Å². The molecule has 0 bridgehead atoms. The number of rotatable bonds is 8. The molecule has 2 fully saturated rings. The van der Waals surface area contributed by atoms with Gasteiger partial charge in [-0.05, 0) is 69.7 Å². The highest BCUT2D eigenvalue weighted by molar-refractivity contribution is 6.07. The monoisotopic (exact) mass is 501 g/mol. The number of nitrogens with one attached hydrogen (secondary N) is 1. The van der Waals surface area contributed by atoms with E-state index in [0.29, 0.717) is 22.9 Å². The van der Waals surface area contributed by atoms with Crippen molar-refractivity contribution in [3.63, 3.8) is 0 Å². The third-order valence-electron chi connectivity index (χ3n) is 7.41. The first-order valence-corrected chi connectivity index (χ1v) is 12.5. The van der Waals surface area contributed by atoms with Crippen LogP contribution in [0.5, 0.6) is 0 Å². The number of hydrogen-bond acceptors (Lipinski definition) is 5. The fraction of sp³-hybridized carbons (Fsp3) is 0.577. The minimum absolute atomic E-state index is 0. The van der Waals surface area contributed by atoms with Crippen molar-refractivity contribution in [1.82, 2.24) is 24.6 Å². The average Bonchev–Trinajstić information content (AvgIpc) is 3.53. The molecule has 2 aromatic heterocycles. The van der Waals surface area contributed by atoms with Gasteiger partial charge in [-0.25, -0.2) is 0 Å². The Bertz CT molecular complexity index is 1270. The molecule has 1 aliphatic carbocycles. The number of fused-ring (bicyclic) bond motifs is 3. The van der Waals surface area contributed by atoms with E-state index < -0.39 is 0 Å². The van der Waals surface area contributed by atoms with Crippen molar-refractivity contribution < 1.29 is 9.53 Å². The Labute approximate surface area is 212 Å². The topological polar surface area (TPSA) is 83.5 Å². The minimum Gasteiger partial charge on any atom is -0.385 e. The van der Waals surface area contributed by atoms with Crippen LogP contribution in [0.25, 0.3) is 21.8 Å². The Morgan fingerprint density at radius 3 is 2.71 bits per heavy atom. The molecule has 1 saturated carbocycles. The molecule has 3 aromatic rings. The molecule has 5 rings (SSSR count). The van der Waals surface area contributed by atoms with Gasteiger partial charge in [-0.3, -0.25) is 19.2 Å². The molecule has 0 radical (unpaired) electrons. The summed E-state index contributed by atoms with van der Waals surface area (Å²) in [4.78, 5) is 33.7. The standard InChI is InChI=1S/C26H35N5O3.ClH/c1-17-12-23-21(24-22(25(32)28-23)14-27-31(24)16-19-6-7-19)13-20(17)26(33)30-10-9-29(18(2)15-30)8-4-5-11-34-3;/h12-14,18-19H,4-11,15-16H2,1-3H3,(H,28,32);1H/t18-;/m1./s1. The molecular formula is C26H36ClN5O3. The Morgan fingerprint density at radius 2 is 2.00 bits per heavy atom. The van der Waals surface area contributed by atoms with Gasteiger partial charge in [0.05, 0.1) is 22.6 Å². The molecule has 1 amide bonds. The number of unbranched alkanes of at least 4 members (excludes halogenated alkanes) is 1. The van der Waals surface area contributed by atoms with Gasteiger partial charge in [-0.2, -0.15) is 5.10 Å². The molecule has 1 saturated heterocycles. The van der Waals surface area contributed by atoms with Crippen LogP contribution in [0, 0.1) is 12.8 Å². The van der Waals surface area contributed by atoms with Crippen molar-refractivity contribution in [3.8, 4) is 0 Å². The second-order valence-corrected chi connectivity index (χ2v) is 10.0. The van der Waals surface area contributed by atoms with E-state index in [4.69, 9.17) is 4.74 Å². The van der Waals surface area contributed by atoms with Crippen molar-refractivity contribution in [2.24, 2.45) is 5.92 Å². The normalized spacial score (nSPS) is 18.8. The zero-order valence-electron chi connectivity index (χ0n) is 20.9. The van der Waals surface area contributed by atoms with E-state index in [-0.39, 0.29) is 23.9 Å². The van der Waals surface area contributed by atoms with E-state index in [1.165, 1.54) is 12.8 Å². The Balaban J connectivity index is 0.00000289. The summed E-state index contributed by atoms with van der Waals surface area (Å²) in [5.41, 5.74) is 3.07. The van der Waals surface area contributed by atoms with E-state index in [1.807, 2.05) is 28.6 Å². The average molecular weight is 502 g/mol. The van der Waals surface area contributed by atoms with Gasteiger partial charge >= 0.3 is 0 Å². The maximum atomic E-state index is 13.6. The fourth-order valence-electron chi connectivity index (χ4n) is 5.19. The van der Waals surface area contributed by atoms with Crippen LogP contribution in [0.15, 0.2) is 23.1 Å². The first kappa shape index (κ1) is 25.7. The molecule has 1 aromatic carbocycles. The number of piperazine rings is 1. The molecule has 3 heterocycles. The van der Waals surface area contributed by atoms with Gasteiger partial charge in [-0.1, -0.05) is 0 Å². The van der Waals surface area contributed by atoms with Gasteiger partial charge < -0.3 is 14.6 Å². The Hall–Kier alpha value is -2.42. The van der Waals surface area contributed by atoms with Crippen molar-refractivity contribution in [1.29, 1.82) is 0 Å². The summed E-state index contributed by atoms with van der Waals surface area (Å²) in [5.74, 6) is 0.703. The first-order valence-electron chi connectivity index (χ1n) is 12.5. The second-order valence-electron chi connectivity index (χ2n) is 10.0. The summed E-state index contributed by atoms with van der Waals surface area (Å²) in [6.45, 7) is 9.15. The second kappa shape index (κ2) is 10.7. The number of hydrogen-bond donors (Lipinski definition) is 1. The largest absolute Gasteiger partial charge is 0.385 e. The first-order chi connectivity index (χ1) is 16.5. The van der Waals surface area contributed by atoms with Crippen LogP contribution < -0.4 is 5.56 Å². The van der Waals surface area contributed by atoms with Gasteiger partial charge in [0.2, 0.25) is 0 Å². The highest BCUT2D eigenvalue weighted by Gasteiger charge is 2.28. The molecule has 1 aliphatic heterocycles. The summed E-state index contributed by atoms with van der Waals surface area (Å²) in [5, 5.41) is 6.00. The zero-order valence-corrected chi connectivity index (χ0v) is 21.7. The number of aromatic nitrogens is 3. The van der Waals surface area contributed by atoms with Crippen molar-refractivity contribution in [2.75, 3.05) is 39.9 Å². The van der Waals surface area contributed by atoms with Gasteiger partial charge in [0, 0.05) is 56.9 Å². The molecule has 9 heteroatoms. The van der Waals surface area contributed by atoms with Gasteiger partial charge in [0.25, 0.3) is 11.5 Å². The lowest BCUT2D eigenvalue weighted by Gasteiger charge is -2.40. The molecule has 0 unspecified atom stereocenters. The third kappa shape index (κ3) is 5.25. The highest BCUT2D eigenvalue weighted by Crippen LogP contribution is 2.33. The van der Waals surface area contributed by atoms with Crippen LogP contribution in [-0.2, 0) is 11.3 Å². The molecule has 2 aliphatic rings. The third-order valence-corrected chi connectivity index (χ3v) is 7.41. The number of halogens is 1. The summed E-state index contributed by atoms with van der Waals surface area (Å²) in [6, 6.07) is 4.23. The van der Waals surface area contributed by atoms with E-state index in [1.54, 1.807) is 13.3 Å². The molecule has 190 valence electrons. The SMILES string of the molecule is COCCCCN1CCN(C(=O)c2cc3c(cc2C)[nH]c(=O)c2cnn(CC4CC4)c23)C[C@H]1C.Cl. The molecule has 1 atom stereocenters. The highest BCUT2D eigenvalue weighted by atomic mass is 35.5. The lowest BCUT2D eigenvalue weighted by atomic mass is 10.0. The number of methoxy groups -OCH3 is 1. The maximum Gasteiger partial charge on any atom is 0.259 e. The Morgan fingerprint density at radius 1 is 1.20 bits per heavy atom. The minimum atomic E-state index is -0.126. The van der Waals surface area contributed by atoms with Gasteiger partial charge in [-0.15, -0.1) is 12.4 Å². The van der Waals surface area contributed by atoms with Gasteiger partial charge in [0.15, 0.2) is 0 Å². The van der Waals surface area contributed by atoms with Crippen molar-refractivity contribution >= 4 is 40.1 Å². The number of H-pyrrole nitrogens is 1. The number of carbonyl (C=O) groups excluding carboxylic acids is 1. The summed E-state index contributed by atoms with van der Waals surface area (Å²) in [6.07, 6.45) is 6.25. The molecule has 35 heavy (non-hydrogen) atoms. The van der Waals surface area contributed by atoms with E-state index >= 15 is 0 Å². The predicted octanol–water partition coefficient (Wildman–Crippen LogP) is 3.59. The fourth-order valence-corrected chi connectivity index (χ4v) is 5.19. The number of aromatic amines is 1. The number of nitrogens with zero attached hydrogens (tertiary/aromatic N) is 4. The number of aryl methyl sites for hydroxylation is 1. The van der Waals surface area contributed by atoms with Crippen LogP contribution in [0.4, 0.5) is 0 Å². The summed E-state index contributed by atoms with van der Waals surface area (Å²) in [7, 11) is 1.74. The van der Waals surface area contributed by atoms with Crippen LogP contribution >= 0.6 is 12.4 Å². The van der Waals surface area contributed by atoms with Crippen molar-refractivity contribution in [3.05, 3.63) is 39.8 Å². The number of benzene rings is 1. The smallest absolute Gasteiger partial charge is 0.259 e. The van der Waals surface area contributed by atoms with Crippen LogP contribution in [0.1, 0.15) is 48.5 Å². The molecule has 1 N–H and O–H groups in total. The lowest BCUT2D eigenvalue weighted by Crippen LogP contribution is -2.53. The van der Waals surface area contributed by atoms with Gasteiger partial charge in [0.1, 0.15) is 0 Å².